The number of nitrogens with zero attached hydrogens (tertiary/aromatic N) is 2. The fourth-order valence-electron chi connectivity index (χ4n) is 3.66. The highest BCUT2D eigenvalue weighted by molar-refractivity contribution is 7.15. The summed E-state index contributed by atoms with van der Waals surface area (Å²) in [7, 11) is 0. The second-order valence-electron chi connectivity index (χ2n) is 6.08. The minimum atomic E-state index is -0.0636. The third-order valence-corrected chi connectivity index (χ3v) is 5.91. The Morgan fingerprint density at radius 2 is 2.09 bits per heavy atom. The van der Waals surface area contributed by atoms with Crippen molar-refractivity contribution in [1.29, 1.82) is 0 Å². The average molecular weight is 335 g/mol. The van der Waals surface area contributed by atoms with Crippen LogP contribution in [0.2, 0.25) is 4.34 Å². The van der Waals surface area contributed by atoms with E-state index in [1.54, 1.807) is 17.5 Å². The van der Waals surface area contributed by atoms with Gasteiger partial charge in [-0.1, -0.05) is 35.9 Å². The maximum Gasteiger partial charge on any atom is 0.113 e. The molecule has 0 saturated carbocycles. The fourth-order valence-corrected chi connectivity index (χ4v) is 4.65. The topological polar surface area (TPSA) is 25.4 Å². The van der Waals surface area contributed by atoms with Gasteiger partial charge in [-0.2, -0.15) is 0 Å². The van der Waals surface area contributed by atoms with E-state index in [0.29, 0.717) is 0 Å². The molecule has 5 heteroatoms. The Kier molecular flexibility index (Phi) is 3.95. The maximum absolute atomic E-state index is 6.27. The van der Waals surface area contributed by atoms with Gasteiger partial charge >= 0.3 is 0 Å². The molecule has 3 nitrogen and oxygen atoms in total. The Bertz CT molecular complexity index is 664. The van der Waals surface area contributed by atoms with E-state index in [1.165, 1.54) is 11.1 Å². The molecule has 1 saturated heterocycles. The van der Waals surface area contributed by atoms with Crippen molar-refractivity contribution in [3.05, 3.63) is 50.9 Å². The quantitative estimate of drug-likeness (QED) is 0.834. The van der Waals surface area contributed by atoms with Crippen LogP contribution in [0.4, 0.5) is 0 Å². The predicted octanol–water partition coefficient (Wildman–Crippen LogP) is 3.86. The number of halogens is 1. The van der Waals surface area contributed by atoms with Gasteiger partial charge in [0.05, 0.1) is 24.9 Å². The van der Waals surface area contributed by atoms with Crippen LogP contribution in [-0.2, 0) is 23.3 Å². The van der Waals surface area contributed by atoms with E-state index in [2.05, 4.69) is 34.1 Å². The highest BCUT2D eigenvalue weighted by Gasteiger charge is 2.40. The van der Waals surface area contributed by atoms with Crippen molar-refractivity contribution in [3.8, 4) is 0 Å². The molecule has 0 atom stereocenters. The number of likely N-dealkylation sites (tertiary alicyclic amines) is 1. The largest absolute Gasteiger partial charge is 0.370 e. The van der Waals surface area contributed by atoms with Gasteiger partial charge in [0, 0.05) is 13.1 Å². The molecule has 1 fully saturated rings. The maximum atomic E-state index is 6.27. The lowest BCUT2D eigenvalue weighted by molar-refractivity contribution is -0.0989. The van der Waals surface area contributed by atoms with Crippen molar-refractivity contribution in [1.82, 2.24) is 9.88 Å². The molecule has 1 aromatic carbocycles. The zero-order valence-corrected chi connectivity index (χ0v) is 14.0. The summed E-state index contributed by atoms with van der Waals surface area (Å²) in [5.41, 5.74) is 2.82. The van der Waals surface area contributed by atoms with Crippen molar-refractivity contribution in [2.45, 2.75) is 31.4 Å². The van der Waals surface area contributed by atoms with Crippen LogP contribution >= 0.6 is 22.9 Å². The molecule has 116 valence electrons. The minimum absolute atomic E-state index is 0.0636. The first-order valence-corrected chi connectivity index (χ1v) is 9.00. The lowest BCUT2D eigenvalue weighted by Crippen LogP contribution is -2.46. The van der Waals surface area contributed by atoms with E-state index in [4.69, 9.17) is 16.3 Å². The van der Waals surface area contributed by atoms with Gasteiger partial charge in [-0.3, -0.25) is 4.90 Å². The summed E-state index contributed by atoms with van der Waals surface area (Å²) in [6.45, 7) is 3.84. The third-order valence-electron chi connectivity index (χ3n) is 4.81. The van der Waals surface area contributed by atoms with Crippen molar-refractivity contribution in [3.63, 3.8) is 0 Å². The number of ether oxygens (including phenoxy) is 1. The van der Waals surface area contributed by atoms with Crippen molar-refractivity contribution in [2.24, 2.45) is 0 Å². The normalized spacial score (nSPS) is 21.0. The van der Waals surface area contributed by atoms with Crippen molar-refractivity contribution < 1.29 is 4.74 Å². The molecule has 0 radical (unpaired) electrons. The lowest BCUT2D eigenvalue weighted by Gasteiger charge is -2.45. The van der Waals surface area contributed by atoms with E-state index >= 15 is 0 Å². The molecule has 0 amide bonds. The summed E-state index contributed by atoms with van der Waals surface area (Å²) in [5, 5.41) is 1.10. The molecular weight excluding hydrogens is 316 g/mol. The fraction of sp³-hybridized carbons (Fsp3) is 0.471. The SMILES string of the molecule is Clc1cnc(CN2CCC3(CC2)OCCc2ccccc23)s1. The van der Waals surface area contributed by atoms with Crippen LogP contribution in [0.5, 0.6) is 0 Å². The molecule has 2 aliphatic heterocycles. The van der Waals surface area contributed by atoms with Gasteiger partial charge in [0.15, 0.2) is 0 Å². The zero-order chi connectivity index (χ0) is 15.0. The first kappa shape index (κ1) is 14.6. The van der Waals surface area contributed by atoms with Crippen LogP contribution in [0, 0.1) is 0 Å². The van der Waals surface area contributed by atoms with E-state index in [-0.39, 0.29) is 5.60 Å². The van der Waals surface area contributed by atoms with Crippen molar-refractivity contribution in [2.75, 3.05) is 19.7 Å². The smallest absolute Gasteiger partial charge is 0.113 e. The number of benzene rings is 1. The molecule has 0 unspecified atom stereocenters. The first-order chi connectivity index (χ1) is 10.8. The molecule has 4 rings (SSSR count). The lowest BCUT2D eigenvalue weighted by atomic mass is 9.79. The summed E-state index contributed by atoms with van der Waals surface area (Å²) in [6.07, 6.45) is 4.90. The molecule has 0 N–H and O–H groups in total. The number of thiazole rings is 1. The highest BCUT2D eigenvalue weighted by atomic mass is 35.5. The van der Waals surface area contributed by atoms with Crippen LogP contribution in [0.1, 0.15) is 29.0 Å². The van der Waals surface area contributed by atoms with Crippen LogP contribution in [0.15, 0.2) is 30.5 Å². The second-order valence-corrected chi connectivity index (χ2v) is 7.83. The first-order valence-electron chi connectivity index (χ1n) is 7.80. The number of fused-ring (bicyclic) bond motifs is 2. The molecule has 22 heavy (non-hydrogen) atoms. The Morgan fingerprint density at radius 3 is 2.86 bits per heavy atom. The van der Waals surface area contributed by atoms with Crippen molar-refractivity contribution >= 4 is 22.9 Å². The van der Waals surface area contributed by atoms with Gasteiger partial charge < -0.3 is 4.74 Å². The zero-order valence-electron chi connectivity index (χ0n) is 12.4. The third kappa shape index (κ3) is 2.69. The van der Waals surface area contributed by atoms with Gasteiger partial charge in [0.25, 0.3) is 0 Å². The van der Waals surface area contributed by atoms with Gasteiger partial charge in [-0.25, -0.2) is 4.98 Å². The predicted molar refractivity (Wildman–Crippen MR) is 89.4 cm³/mol. The highest BCUT2D eigenvalue weighted by Crippen LogP contribution is 2.41. The standard InChI is InChI=1S/C17H19ClN2OS/c18-15-11-19-16(22-15)12-20-8-6-17(7-9-20)14-4-2-1-3-13(14)5-10-21-17/h1-4,11H,5-10,12H2. The monoisotopic (exact) mass is 334 g/mol. The molecule has 0 bridgehead atoms. The number of piperidine rings is 1. The Balaban J connectivity index is 1.48. The number of aromatic nitrogens is 1. The summed E-state index contributed by atoms with van der Waals surface area (Å²) >= 11 is 7.55. The molecular formula is C17H19ClN2OS. The van der Waals surface area contributed by atoms with E-state index in [1.807, 2.05) is 0 Å². The van der Waals surface area contributed by atoms with Crippen LogP contribution in [0.3, 0.4) is 0 Å². The van der Waals surface area contributed by atoms with Gasteiger partial charge in [-0.05, 0) is 30.4 Å². The van der Waals surface area contributed by atoms with Crippen LogP contribution < -0.4 is 0 Å². The van der Waals surface area contributed by atoms with Gasteiger partial charge in [0.2, 0.25) is 0 Å². The Hall–Kier alpha value is -0.940. The summed E-state index contributed by atoms with van der Waals surface area (Å²) in [5.74, 6) is 0. The Labute approximate surface area is 139 Å². The number of hydrogen-bond donors (Lipinski definition) is 0. The molecule has 3 heterocycles. The van der Waals surface area contributed by atoms with E-state index in [9.17, 15) is 0 Å². The average Bonchev–Trinajstić information content (AvgIpc) is 2.95. The number of rotatable bonds is 2. The van der Waals surface area contributed by atoms with Gasteiger partial charge in [-0.15, -0.1) is 11.3 Å². The summed E-state index contributed by atoms with van der Waals surface area (Å²) in [6, 6.07) is 8.78. The number of hydrogen-bond acceptors (Lipinski definition) is 4. The van der Waals surface area contributed by atoms with Gasteiger partial charge in [0.1, 0.15) is 9.34 Å². The molecule has 2 aliphatic rings. The minimum Gasteiger partial charge on any atom is -0.370 e. The van der Waals surface area contributed by atoms with E-state index < -0.39 is 0 Å². The molecule has 1 spiro atoms. The molecule has 1 aromatic heterocycles. The van der Waals surface area contributed by atoms with Crippen LogP contribution in [-0.4, -0.2) is 29.6 Å². The molecule has 2 aromatic rings. The molecule has 0 aliphatic carbocycles. The summed E-state index contributed by atoms with van der Waals surface area (Å²) in [4.78, 5) is 6.82. The second kappa shape index (κ2) is 5.93. The van der Waals surface area contributed by atoms with E-state index in [0.717, 1.165) is 54.8 Å². The van der Waals surface area contributed by atoms with Crippen LogP contribution in [0.25, 0.3) is 0 Å². The summed E-state index contributed by atoms with van der Waals surface area (Å²) < 4.78 is 7.05. The Morgan fingerprint density at radius 1 is 1.27 bits per heavy atom.